The molecule has 0 radical (unpaired) electrons. The molecule has 0 aliphatic heterocycles. The average molecular weight is 235 g/mol. The highest BCUT2D eigenvalue weighted by Crippen LogP contribution is 2.26. The largest absolute Gasteiger partial charge is 0.335 e. The molecule has 0 aromatic carbocycles. The monoisotopic (exact) mass is 235 g/mol. The van der Waals surface area contributed by atoms with Gasteiger partial charge < -0.3 is 10.6 Å². The summed E-state index contributed by atoms with van der Waals surface area (Å²) in [5.41, 5.74) is -0.626. The van der Waals surface area contributed by atoms with E-state index in [9.17, 15) is 10.1 Å². The summed E-state index contributed by atoms with van der Waals surface area (Å²) in [5, 5.41) is 15.2. The van der Waals surface area contributed by atoms with Gasteiger partial charge in [0, 0.05) is 6.04 Å². The van der Waals surface area contributed by atoms with Crippen LogP contribution in [0.25, 0.3) is 0 Å². The van der Waals surface area contributed by atoms with Crippen LogP contribution in [-0.2, 0) is 0 Å². The Balaban J connectivity index is 1.90. The van der Waals surface area contributed by atoms with Gasteiger partial charge in [0.25, 0.3) is 0 Å². The number of hydrogen-bond acceptors (Lipinski definition) is 2. The van der Waals surface area contributed by atoms with Crippen molar-refractivity contribution >= 4 is 6.03 Å². The molecule has 17 heavy (non-hydrogen) atoms. The molecule has 0 atom stereocenters. The number of hydrogen-bond donors (Lipinski definition) is 2. The van der Waals surface area contributed by atoms with Crippen LogP contribution in [0.4, 0.5) is 4.79 Å². The highest BCUT2D eigenvalue weighted by Gasteiger charge is 2.33. The fraction of sp³-hybridized carbons (Fsp3) is 0.846. The van der Waals surface area contributed by atoms with Crippen molar-refractivity contribution in [3.63, 3.8) is 0 Å². The average Bonchev–Trinajstić information content (AvgIpc) is 3.06. The Bertz CT molecular complexity index is 309. The fourth-order valence-corrected chi connectivity index (χ4v) is 2.44. The number of carbonyl (C=O) groups is 1. The maximum Gasteiger partial charge on any atom is 0.316 e. The van der Waals surface area contributed by atoms with Crippen LogP contribution in [0.3, 0.4) is 0 Å². The molecule has 2 N–H and O–H groups in total. The zero-order chi connectivity index (χ0) is 12.1. The van der Waals surface area contributed by atoms with Gasteiger partial charge in [-0.1, -0.05) is 32.1 Å². The van der Waals surface area contributed by atoms with Crippen LogP contribution in [0.1, 0.15) is 57.8 Å². The lowest BCUT2D eigenvalue weighted by atomic mass is 9.85. The first-order valence-electron chi connectivity index (χ1n) is 6.74. The van der Waals surface area contributed by atoms with Crippen molar-refractivity contribution in [3.05, 3.63) is 0 Å². The molecule has 2 saturated carbocycles. The van der Waals surface area contributed by atoms with E-state index in [1.165, 1.54) is 19.3 Å². The van der Waals surface area contributed by atoms with Crippen LogP contribution in [0, 0.1) is 11.3 Å². The van der Waals surface area contributed by atoms with E-state index in [0.717, 1.165) is 38.5 Å². The normalized spacial score (nSPS) is 23.9. The number of nitrogens with zero attached hydrogens (tertiary/aromatic N) is 1. The van der Waals surface area contributed by atoms with Gasteiger partial charge >= 0.3 is 6.03 Å². The van der Waals surface area contributed by atoms with Crippen LogP contribution in [0.15, 0.2) is 0 Å². The minimum atomic E-state index is -0.626. The van der Waals surface area contributed by atoms with Gasteiger partial charge in [-0.05, 0) is 25.7 Å². The van der Waals surface area contributed by atoms with E-state index in [4.69, 9.17) is 0 Å². The predicted molar refractivity (Wildman–Crippen MR) is 65.4 cm³/mol. The van der Waals surface area contributed by atoms with Crippen LogP contribution in [-0.4, -0.2) is 17.6 Å². The van der Waals surface area contributed by atoms with E-state index < -0.39 is 5.54 Å². The first-order chi connectivity index (χ1) is 8.24. The topological polar surface area (TPSA) is 64.9 Å². The molecule has 0 saturated heterocycles. The van der Waals surface area contributed by atoms with Crippen molar-refractivity contribution < 1.29 is 4.79 Å². The zero-order valence-electron chi connectivity index (χ0n) is 10.3. The Labute approximate surface area is 103 Å². The quantitative estimate of drug-likeness (QED) is 0.772. The number of carbonyl (C=O) groups excluding carboxylic acids is 1. The van der Waals surface area contributed by atoms with Crippen molar-refractivity contribution in [2.75, 3.05) is 0 Å². The molecule has 4 nitrogen and oxygen atoms in total. The van der Waals surface area contributed by atoms with Crippen LogP contribution in [0.5, 0.6) is 0 Å². The van der Waals surface area contributed by atoms with Gasteiger partial charge in [-0.2, -0.15) is 5.26 Å². The summed E-state index contributed by atoms with van der Waals surface area (Å²) >= 11 is 0. The molecule has 0 unspecified atom stereocenters. The van der Waals surface area contributed by atoms with Crippen molar-refractivity contribution in [2.45, 2.75) is 69.4 Å². The lowest BCUT2D eigenvalue weighted by Gasteiger charge is -2.29. The molecule has 4 heteroatoms. The Morgan fingerprint density at radius 2 is 1.71 bits per heavy atom. The van der Waals surface area contributed by atoms with Gasteiger partial charge in [-0.3, -0.25) is 0 Å². The number of rotatable bonds is 2. The fourth-order valence-electron chi connectivity index (χ4n) is 2.44. The molecule has 2 aliphatic carbocycles. The van der Waals surface area contributed by atoms with Gasteiger partial charge in [-0.15, -0.1) is 0 Å². The molecule has 2 rings (SSSR count). The second-order valence-corrected chi connectivity index (χ2v) is 5.33. The molecule has 0 spiro atoms. The molecular formula is C13H21N3O. The van der Waals surface area contributed by atoms with Gasteiger partial charge in [0.05, 0.1) is 6.07 Å². The summed E-state index contributed by atoms with van der Waals surface area (Å²) < 4.78 is 0. The van der Waals surface area contributed by atoms with E-state index in [1.807, 2.05) is 0 Å². The molecule has 0 heterocycles. The van der Waals surface area contributed by atoms with E-state index >= 15 is 0 Å². The smallest absolute Gasteiger partial charge is 0.316 e. The first-order valence-corrected chi connectivity index (χ1v) is 6.74. The molecule has 0 aromatic heterocycles. The minimum absolute atomic E-state index is 0.158. The lowest BCUT2D eigenvalue weighted by molar-refractivity contribution is 0.225. The first kappa shape index (κ1) is 12.2. The van der Waals surface area contributed by atoms with E-state index in [1.54, 1.807) is 0 Å². The van der Waals surface area contributed by atoms with Crippen LogP contribution < -0.4 is 10.6 Å². The van der Waals surface area contributed by atoms with E-state index in [0.29, 0.717) is 6.04 Å². The van der Waals surface area contributed by atoms with E-state index in [2.05, 4.69) is 16.7 Å². The predicted octanol–water partition coefficient (Wildman–Crippen LogP) is 2.45. The summed E-state index contributed by atoms with van der Waals surface area (Å²) in [6, 6.07) is 2.53. The summed E-state index contributed by atoms with van der Waals surface area (Å²) in [5.74, 6) is 0. The Morgan fingerprint density at radius 3 is 2.24 bits per heavy atom. The number of amides is 2. The Hall–Kier alpha value is -1.24. The van der Waals surface area contributed by atoms with Gasteiger partial charge in [0.2, 0.25) is 0 Å². The van der Waals surface area contributed by atoms with Gasteiger partial charge in [-0.25, -0.2) is 4.79 Å². The van der Waals surface area contributed by atoms with Crippen LogP contribution in [0.2, 0.25) is 0 Å². The van der Waals surface area contributed by atoms with Crippen molar-refractivity contribution in [1.82, 2.24) is 10.6 Å². The molecule has 0 bridgehead atoms. The highest BCUT2D eigenvalue weighted by molar-refractivity contribution is 5.76. The Morgan fingerprint density at radius 1 is 1.12 bits per heavy atom. The molecule has 2 amide bonds. The third-order valence-electron chi connectivity index (χ3n) is 3.69. The summed E-state index contributed by atoms with van der Waals surface area (Å²) in [7, 11) is 0. The van der Waals surface area contributed by atoms with Crippen LogP contribution >= 0.6 is 0 Å². The third-order valence-corrected chi connectivity index (χ3v) is 3.69. The zero-order valence-corrected chi connectivity index (χ0v) is 10.3. The second-order valence-electron chi connectivity index (χ2n) is 5.33. The molecular weight excluding hydrogens is 214 g/mol. The number of urea groups is 1. The third kappa shape index (κ3) is 3.62. The van der Waals surface area contributed by atoms with Gasteiger partial charge in [0.1, 0.15) is 5.54 Å². The SMILES string of the molecule is N#CC1(NC(=O)NC2CC2)CCCCCCC1. The summed E-state index contributed by atoms with van der Waals surface area (Å²) in [6.45, 7) is 0. The van der Waals surface area contributed by atoms with Crippen molar-refractivity contribution in [1.29, 1.82) is 5.26 Å². The lowest BCUT2D eigenvalue weighted by Crippen LogP contribution is -2.52. The molecule has 2 fully saturated rings. The highest BCUT2D eigenvalue weighted by atomic mass is 16.2. The number of nitriles is 1. The molecule has 94 valence electrons. The maximum absolute atomic E-state index is 11.8. The van der Waals surface area contributed by atoms with Gasteiger partial charge in [0.15, 0.2) is 0 Å². The standard InChI is InChI=1S/C13H21N3O/c14-10-13(8-4-2-1-3-5-9-13)16-12(17)15-11-6-7-11/h11H,1-9H2,(H2,15,16,17). The Kier molecular flexibility index (Phi) is 3.88. The maximum atomic E-state index is 11.8. The molecule has 2 aliphatic rings. The second kappa shape index (κ2) is 5.39. The summed E-state index contributed by atoms with van der Waals surface area (Å²) in [6.07, 6.45) is 9.43. The number of nitrogens with one attached hydrogen (secondary N) is 2. The molecule has 0 aromatic rings. The minimum Gasteiger partial charge on any atom is -0.335 e. The van der Waals surface area contributed by atoms with Crippen molar-refractivity contribution in [3.8, 4) is 6.07 Å². The summed E-state index contributed by atoms with van der Waals surface area (Å²) in [4.78, 5) is 11.8. The van der Waals surface area contributed by atoms with Crippen molar-refractivity contribution in [2.24, 2.45) is 0 Å². The van der Waals surface area contributed by atoms with E-state index in [-0.39, 0.29) is 6.03 Å².